The Morgan fingerprint density at radius 2 is 1.73 bits per heavy atom. The van der Waals surface area contributed by atoms with Crippen molar-refractivity contribution in [2.45, 2.75) is 13.8 Å². The fraction of sp³-hybridized carbons (Fsp3) is 0.154. The molecule has 0 aliphatic carbocycles. The third-order valence-electron chi connectivity index (χ3n) is 2.99. The summed E-state index contributed by atoms with van der Waals surface area (Å²) >= 11 is 0. The first kappa shape index (κ1) is 8.48. The van der Waals surface area contributed by atoms with Crippen LogP contribution < -0.4 is 0 Å². The molecule has 15 heavy (non-hydrogen) atoms. The van der Waals surface area contributed by atoms with Crippen molar-refractivity contribution in [2.24, 2.45) is 0 Å². The molecular formula is C13H12N2. The fourth-order valence-corrected chi connectivity index (χ4v) is 1.99. The Morgan fingerprint density at radius 3 is 2.60 bits per heavy atom. The Balaban J connectivity index is 2.60. The number of rotatable bonds is 0. The van der Waals surface area contributed by atoms with Gasteiger partial charge in [0.25, 0.3) is 0 Å². The SMILES string of the molecule is Cc1nn2c(ccc3ccccc32)c1C. The van der Waals surface area contributed by atoms with Gasteiger partial charge in [-0.15, -0.1) is 0 Å². The van der Waals surface area contributed by atoms with Crippen molar-refractivity contribution in [3.63, 3.8) is 0 Å². The summed E-state index contributed by atoms with van der Waals surface area (Å²) in [5, 5.41) is 5.79. The van der Waals surface area contributed by atoms with E-state index in [1.54, 1.807) is 0 Å². The smallest absolute Gasteiger partial charge is 0.0725 e. The van der Waals surface area contributed by atoms with Crippen molar-refractivity contribution >= 4 is 16.4 Å². The van der Waals surface area contributed by atoms with Crippen molar-refractivity contribution in [1.82, 2.24) is 9.61 Å². The Labute approximate surface area is 88.1 Å². The average molecular weight is 196 g/mol. The van der Waals surface area contributed by atoms with Crippen molar-refractivity contribution in [2.75, 3.05) is 0 Å². The van der Waals surface area contributed by atoms with Crippen molar-refractivity contribution < 1.29 is 0 Å². The molecule has 0 aliphatic rings. The molecular weight excluding hydrogens is 184 g/mol. The van der Waals surface area contributed by atoms with Crippen LogP contribution in [0.15, 0.2) is 36.4 Å². The van der Waals surface area contributed by atoms with Gasteiger partial charge in [0.2, 0.25) is 0 Å². The molecule has 0 radical (unpaired) electrons. The van der Waals surface area contributed by atoms with E-state index in [0.29, 0.717) is 0 Å². The van der Waals surface area contributed by atoms with E-state index in [2.05, 4.69) is 49.3 Å². The predicted octanol–water partition coefficient (Wildman–Crippen LogP) is 3.10. The van der Waals surface area contributed by atoms with E-state index < -0.39 is 0 Å². The van der Waals surface area contributed by atoms with E-state index in [1.807, 2.05) is 10.6 Å². The van der Waals surface area contributed by atoms with E-state index in [0.717, 1.165) is 5.69 Å². The zero-order chi connectivity index (χ0) is 10.4. The van der Waals surface area contributed by atoms with Gasteiger partial charge in [0.1, 0.15) is 0 Å². The molecule has 0 spiro atoms. The summed E-state index contributed by atoms with van der Waals surface area (Å²) in [6.07, 6.45) is 0. The maximum atomic E-state index is 4.56. The van der Waals surface area contributed by atoms with Crippen molar-refractivity contribution in [3.8, 4) is 0 Å². The summed E-state index contributed by atoms with van der Waals surface area (Å²) in [6.45, 7) is 4.17. The first-order valence-corrected chi connectivity index (χ1v) is 5.11. The van der Waals surface area contributed by atoms with Gasteiger partial charge in [-0.05, 0) is 31.5 Å². The monoisotopic (exact) mass is 196 g/mol. The number of hydrogen-bond donors (Lipinski definition) is 0. The molecule has 0 N–H and O–H groups in total. The molecule has 1 aromatic carbocycles. The van der Waals surface area contributed by atoms with Crippen LogP contribution in [0.25, 0.3) is 16.4 Å². The van der Waals surface area contributed by atoms with Gasteiger partial charge in [-0.1, -0.05) is 24.3 Å². The molecule has 0 amide bonds. The molecule has 74 valence electrons. The highest BCUT2D eigenvalue weighted by atomic mass is 15.2. The largest absolute Gasteiger partial charge is 0.233 e. The number of nitrogens with zero attached hydrogens (tertiary/aromatic N) is 2. The molecule has 0 atom stereocenters. The number of aromatic nitrogens is 2. The zero-order valence-corrected chi connectivity index (χ0v) is 8.86. The first-order chi connectivity index (χ1) is 7.27. The van der Waals surface area contributed by atoms with Gasteiger partial charge in [0.05, 0.1) is 16.7 Å². The number of benzene rings is 1. The van der Waals surface area contributed by atoms with Crippen LogP contribution >= 0.6 is 0 Å². The van der Waals surface area contributed by atoms with E-state index in [4.69, 9.17) is 0 Å². The summed E-state index contributed by atoms with van der Waals surface area (Å²) in [7, 11) is 0. The van der Waals surface area contributed by atoms with Gasteiger partial charge in [-0.3, -0.25) is 0 Å². The molecule has 0 saturated carbocycles. The lowest BCUT2D eigenvalue weighted by molar-refractivity contribution is 0.970. The number of para-hydroxylation sites is 1. The van der Waals surface area contributed by atoms with Crippen LogP contribution in [0.4, 0.5) is 0 Å². The summed E-state index contributed by atoms with van der Waals surface area (Å²) in [4.78, 5) is 0. The summed E-state index contributed by atoms with van der Waals surface area (Å²) in [6, 6.07) is 12.6. The third kappa shape index (κ3) is 1.08. The maximum absolute atomic E-state index is 4.56. The minimum atomic E-state index is 1.10. The highest BCUT2D eigenvalue weighted by Gasteiger charge is 2.06. The molecule has 2 heterocycles. The number of pyridine rings is 1. The highest BCUT2D eigenvalue weighted by Crippen LogP contribution is 2.20. The molecule has 0 bridgehead atoms. The summed E-state index contributed by atoms with van der Waals surface area (Å²) < 4.78 is 2.03. The Kier molecular flexibility index (Phi) is 1.60. The Hall–Kier alpha value is -1.83. The molecule has 3 rings (SSSR count). The molecule has 0 fully saturated rings. The van der Waals surface area contributed by atoms with Gasteiger partial charge in [-0.2, -0.15) is 5.10 Å². The van der Waals surface area contributed by atoms with Gasteiger partial charge in [-0.25, -0.2) is 4.52 Å². The van der Waals surface area contributed by atoms with Gasteiger partial charge < -0.3 is 0 Å². The summed E-state index contributed by atoms with van der Waals surface area (Å²) in [5.41, 5.74) is 4.74. The minimum absolute atomic E-state index is 1.10. The van der Waals surface area contributed by atoms with E-state index in [-0.39, 0.29) is 0 Å². The molecule has 2 nitrogen and oxygen atoms in total. The standard InChI is InChI=1S/C13H12N2/c1-9-10(2)14-15-12(9)8-7-11-5-3-4-6-13(11)15/h3-8H,1-2H3. The minimum Gasteiger partial charge on any atom is -0.233 e. The lowest BCUT2D eigenvalue weighted by Gasteiger charge is -2.00. The second-order valence-electron chi connectivity index (χ2n) is 3.90. The number of aryl methyl sites for hydroxylation is 2. The van der Waals surface area contributed by atoms with Gasteiger partial charge in [0.15, 0.2) is 0 Å². The molecule has 3 aromatic rings. The average Bonchev–Trinajstić information content (AvgIpc) is 2.56. The molecule has 0 saturated heterocycles. The Bertz CT molecular complexity index is 650. The van der Waals surface area contributed by atoms with Crippen LogP contribution in [0.5, 0.6) is 0 Å². The predicted molar refractivity (Wildman–Crippen MR) is 62.2 cm³/mol. The number of fused-ring (bicyclic) bond motifs is 3. The molecule has 2 heteroatoms. The number of hydrogen-bond acceptors (Lipinski definition) is 1. The molecule has 0 aliphatic heterocycles. The van der Waals surface area contributed by atoms with Crippen molar-refractivity contribution in [3.05, 3.63) is 47.7 Å². The summed E-state index contributed by atoms with van der Waals surface area (Å²) in [5.74, 6) is 0. The quantitative estimate of drug-likeness (QED) is 0.540. The molecule has 2 aromatic heterocycles. The fourth-order valence-electron chi connectivity index (χ4n) is 1.99. The Morgan fingerprint density at radius 1 is 0.933 bits per heavy atom. The first-order valence-electron chi connectivity index (χ1n) is 5.11. The normalized spacial score (nSPS) is 11.3. The van der Waals surface area contributed by atoms with Crippen LogP contribution in [0.1, 0.15) is 11.3 Å². The maximum Gasteiger partial charge on any atom is 0.0725 e. The lowest BCUT2D eigenvalue weighted by atomic mass is 10.2. The highest BCUT2D eigenvalue weighted by molar-refractivity contribution is 5.83. The lowest BCUT2D eigenvalue weighted by Crippen LogP contribution is -1.89. The second kappa shape index (κ2) is 2.83. The topological polar surface area (TPSA) is 17.3 Å². The van der Waals surface area contributed by atoms with Crippen LogP contribution in [-0.4, -0.2) is 9.61 Å². The molecule has 0 unspecified atom stereocenters. The van der Waals surface area contributed by atoms with E-state index >= 15 is 0 Å². The van der Waals surface area contributed by atoms with Crippen LogP contribution in [0.2, 0.25) is 0 Å². The van der Waals surface area contributed by atoms with Crippen molar-refractivity contribution in [1.29, 1.82) is 0 Å². The van der Waals surface area contributed by atoms with Crippen LogP contribution in [-0.2, 0) is 0 Å². The third-order valence-corrected chi connectivity index (χ3v) is 2.99. The second-order valence-corrected chi connectivity index (χ2v) is 3.90. The van der Waals surface area contributed by atoms with Crippen LogP contribution in [0, 0.1) is 13.8 Å². The van der Waals surface area contributed by atoms with Gasteiger partial charge in [0, 0.05) is 5.39 Å². The van der Waals surface area contributed by atoms with Gasteiger partial charge >= 0.3 is 0 Å². The van der Waals surface area contributed by atoms with Crippen LogP contribution in [0.3, 0.4) is 0 Å². The van der Waals surface area contributed by atoms with E-state index in [9.17, 15) is 0 Å². The van der Waals surface area contributed by atoms with E-state index in [1.165, 1.54) is 22.0 Å². The zero-order valence-electron chi connectivity index (χ0n) is 8.86.